The van der Waals surface area contributed by atoms with Crippen LogP contribution in [0.15, 0.2) is 11.4 Å². The highest BCUT2D eigenvalue weighted by Crippen LogP contribution is 2.33. The lowest BCUT2D eigenvalue weighted by molar-refractivity contribution is 0.151. The smallest absolute Gasteiger partial charge is 0.135 e. The average molecular weight is 200 g/mol. The zero-order chi connectivity index (χ0) is 9.84. The maximum absolute atomic E-state index is 9.82. The van der Waals surface area contributed by atoms with Crippen LogP contribution in [0.5, 0.6) is 5.75 Å². The van der Waals surface area contributed by atoms with Crippen LogP contribution in [0.3, 0.4) is 0 Å². The van der Waals surface area contributed by atoms with Crippen LogP contribution in [-0.4, -0.2) is 12.2 Å². The van der Waals surface area contributed by atoms with Crippen LogP contribution in [0, 0.1) is 5.92 Å². The van der Waals surface area contributed by atoms with Gasteiger partial charge < -0.3 is 9.84 Å². The van der Waals surface area contributed by atoms with Crippen molar-refractivity contribution in [2.45, 2.75) is 26.4 Å². The highest BCUT2D eigenvalue weighted by Gasteiger charge is 2.15. The van der Waals surface area contributed by atoms with E-state index in [0.29, 0.717) is 5.92 Å². The molecule has 1 N–H and O–H groups in total. The molecule has 1 unspecified atom stereocenters. The number of hydrogen-bond acceptors (Lipinski definition) is 3. The molecule has 1 heterocycles. The van der Waals surface area contributed by atoms with Crippen molar-refractivity contribution in [1.29, 1.82) is 0 Å². The van der Waals surface area contributed by atoms with E-state index in [1.54, 1.807) is 18.4 Å². The van der Waals surface area contributed by atoms with Gasteiger partial charge in [0.2, 0.25) is 0 Å². The van der Waals surface area contributed by atoms with E-state index < -0.39 is 0 Å². The Bertz CT molecular complexity index is 255. The Balaban J connectivity index is 2.69. The minimum absolute atomic E-state index is 0.380. The second-order valence-electron chi connectivity index (χ2n) is 3.50. The molecule has 2 nitrogen and oxygen atoms in total. The van der Waals surface area contributed by atoms with Gasteiger partial charge in [-0.2, -0.15) is 0 Å². The van der Waals surface area contributed by atoms with Crippen molar-refractivity contribution in [2.75, 3.05) is 7.11 Å². The topological polar surface area (TPSA) is 29.5 Å². The van der Waals surface area contributed by atoms with Crippen LogP contribution in [0.25, 0.3) is 0 Å². The van der Waals surface area contributed by atoms with Gasteiger partial charge in [0.1, 0.15) is 5.75 Å². The van der Waals surface area contributed by atoms with Crippen molar-refractivity contribution < 1.29 is 9.84 Å². The third kappa shape index (κ3) is 2.71. The first-order valence-corrected chi connectivity index (χ1v) is 5.32. The van der Waals surface area contributed by atoms with Crippen molar-refractivity contribution in [2.24, 2.45) is 5.92 Å². The van der Waals surface area contributed by atoms with Gasteiger partial charge in [-0.15, -0.1) is 11.3 Å². The van der Waals surface area contributed by atoms with E-state index in [1.807, 2.05) is 11.4 Å². The Morgan fingerprint density at radius 2 is 2.23 bits per heavy atom. The third-order valence-corrected chi connectivity index (χ3v) is 2.87. The van der Waals surface area contributed by atoms with Crippen molar-refractivity contribution in [3.05, 3.63) is 16.3 Å². The summed E-state index contributed by atoms with van der Waals surface area (Å²) in [5.74, 6) is 1.31. The molecule has 1 aromatic heterocycles. The zero-order valence-electron chi connectivity index (χ0n) is 8.28. The number of thiophene rings is 1. The fraction of sp³-hybridized carbons (Fsp3) is 0.600. The van der Waals surface area contributed by atoms with Gasteiger partial charge in [0.15, 0.2) is 0 Å². The average Bonchev–Trinajstić information content (AvgIpc) is 2.49. The summed E-state index contributed by atoms with van der Waals surface area (Å²) in [6.07, 6.45) is 0.409. The van der Waals surface area contributed by atoms with Crippen molar-refractivity contribution >= 4 is 11.3 Å². The van der Waals surface area contributed by atoms with E-state index in [9.17, 15) is 5.11 Å². The van der Waals surface area contributed by atoms with Crippen LogP contribution < -0.4 is 4.74 Å². The van der Waals surface area contributed by atoms with E-state index in [2.05, 4.69) is 13.8 Å². The highest BCUT2D eigenvalue weighted by atomic mass is 32.1. The lowest BCUT2D eigenvalue weighted by Gasteiger charge is -2.12. The minimum Gasteiger partial charge on any atom is -0.495 e. The van der Waals surface area contributed by atoms with Gasteiger partial charge in [0, 0.05) is 0 Å². The first-order valence-electron chi connectivity index (χ1n) is 4.44. The molecule has 74 valence electrons. The van der Waals surface area contributed by atoms with Gasteiger partial charge in [0.05, 0.1) is 18.1 Å². The van der Waals surface area contributed by atoms with Gasteiger partial charge in [-0.1, -0.05) is 13.8 Å². The van der Waals surface area contributed by atoms with Crippen LogP contribution in [-0.2, 0) is 0 Å². The van der Waals surface area contributed by atoms with Crippen LogP contribution >= 0.6 is 11.3 Å². The quantitative estimate of drug-likeness (QED) is 0.809. The van der Waals surface area contributed by atoms with Crippen molar-refractivity contribution in [3.8, 4) is 5.75 Å². The number of ether oxygens (including phenoxy) is 1. The lowest BCUT2D eigenvalue weighted by Crippen LogP contribution is -2.01. The van der Waals surface area contributed by atoms with Crippen LogP contribution in [0.4, 0.5) is 0 Å². The Hall–Kier alpha value is -0.540. The number of methoxy groups -OCH3 is 1. The SMILES string of the molecule is COc1ccsc1C(O)CC(C)C. The van der Waals surface area contributed by atoms with E-state index in [1.165, 1.54) is 0 Å². The number of hydrogen-bond donors (Lipinski definition) is 1. The summed E-state index contributed by atoms with van der Waals surface area (Å²) in [7, 11) is 1.63. The molecule has 1 rings (SSSR count). The predicted octanol–water partition coefficient (Wildman–Crippen LogP) is 2.84. The zero-order valence-corrected chi connectivity index (χ0v) is 9.10. The first kappa shape index (κ1) is 10.5. The summed E-state index contributed by atoms with van der Waals surface area (Å²) in [4.78, 5) is 0.941. The molecular formula is C10H16O2S. The number of aliphatic hydroxyl groups excluding tert-OH is 1. The van der Waals surface area contributed by atoms with Crippen molar-refractivity contribution in [3.63, 3.8) is 0 Å². The molecule has 0 fully saturated rings. The van der Waals surface area contributed by atoms with Crippen LogP contribution in [0.1, 0.15) is 31.2 Å². The van der Waals surface area contributed by atoms with Gasteiger partial charge in [-0.25, -0.2) is 0 Å². The van der Waals surface area contributed by atoms with E-state index in [0.717, 1.165) is 17.0 Å². The molecule has 0 amide bonds. The molecule has 3 heteroatoms. The molecule has 0 bridgehead atoms. The first-order chi connectivity index (χ1) is 6.15. The van der Waals surface area contributed by atoms with Gasteiger partial charge in [0.25, 0.3) is 0 Å². The number of aliphatic hydroxyl groups is 1. The molecule has 1 aromatic rings. The van der Waals surface area contributed by atoms with E-state index >= 15 is 0 Å². The molecule has 0 aliphatic rings. The minimum atomic E-state index is -0.380. The standard InChI is InChI=1S/C10H16O2S/c1-7(2)6-8(11)10-9(12-3)4-5-13-10/h4-5,7-8,11H,6H2,1-3H3. The van der Waals surface area contributed by atoms with Gasteiger partial charge >= 0.3 is 0 Å². The maximum Gasteiger partial charge on any atom is 0.135 e. The molecule has 0 spiro atoms. The predicted molar refractivity (Wildman–Crippen MR) is 55.3 cm³/mol. The summed E-state index contributed by atoms with van der Waals surface area (Å²) < 4.78 is 5.14. The Kier molecular flexibility index (Phi) is 3.75. The fourth-order valence-electron chi connectivity index (χ4n) is 1.27. The van der Waals surface area contributed by atoms with E-state index in [4.69, 9.17) is 4.74 Å². The van der Waals surface area contributed by atoms with Gasteiger partial charge in [-0.3, -0.25) is 0 Å². The molecule has 13 heavy (non-hydrogen) atoms. The monoisotopic (exact) mass is 200 g/mol. The maximum atomic E-state index is 9.82. The Labute approximate surface area is 83.2 Å². The van der Waals surface area contributed by atoms with Crippen molar-refractivity contribution in [1.82, 2.24) is 0 Å². The third-order valence-electron chi connectivity index (χ3n) is 1.87. The second kappa shape index (κ2) is 4.63. The molecule has 0 saturated carbocycles. The summed E-state index contributed by atoms with van der Waals surface area (Å²) in [6, 6.07) is 1.89. The molecule has 0 aliphatic carbocycles. The molecule has 0 saturated heterocycles. The molecule has 0 aromatic carbocycles. The number of rotatable bonds is 4. The lowest BCUT2D eigenvalue weighted by atomic mass is 10.0. The molecule has 0 aliphatic heterocycles. The van der Waals surface area contributed by atoms with Crippen LogP contribution in [0.2, 0.25) is 0 Å². The summed E-state index contributed by atoms with van der Waals surface area (Å²) in [6.45, 7) is 4.20. The normalized spacial score (nSPS) is 13.3. The molecule has 0 radical (unpaired) electrons. The molecular weight excluding hydrogens is 184 g/mol. The summed E-state index contributed by atoms with van der Waals surface area (Å²) in [5, 5.41) is 11.8. The van der Waals surface area contributed by atoms with Gasteiger partial charge in [-0.05, 0) is 23.8 Å². The second-order valence-corrected chi connectivity index (χ2v) is 4.45. The largest absolute Gasteiger partial charge is 0.495 e. The molecule has 1 atom stereocenters. The summed E-state index contributed by atoms with van der Waals surface area (Å²) in [5.41, 5.74) is 0. The summed E-state index contributed by atoms with van der Waals surface area (Å²) >= 11 is 1.55. The highest BCUT2D eigenvalue weighted by molar-refractivity contribution is 7.10. The van der Waals surface area contributed by atoms with E-state index in [-0.39, 0.29) is 6.10 Å². The Morgan fingerprint density at radius 3 is 2.77 bits per heavy atom. The fourth-order valence-corrected chi connectivity index (χ4v) is 2.13. The Morgan fingerprint density at radius 1 is 1.54 bits per heavy atom.